The van der Waals surface area contributed by atoms with E-state index in [1.807, 2.05) is 19.1 Å². The molecule has 3 heteroatoms. The number of carboxylic acid groups (broad SMARTS) is 1. The third-order valence-corrected chi connectivity index (χ3v) is 2.16. The van der Waals surface area contributed by atoms with Gasteiger partial charge in [-0.3, -0.25) is 0 Å². The highest BCUT2D eigenvalue weighted by Gasteiger charge is 2.08. The zero-order chi connectivity index (χ0) is 10.6. The van der Waals surface area contributed by atoms with Gasteiger partial charge in [0.1, 0.15) is 0 Å². The van der Waals surface area contributed by atoms with Crippen LogP contribution in [0.5, 0.6) is 0 Å². The predicted octanol–water partition coefficient (Wildman–Crippen LogP) is 2.64. The molecule has 1 N–H and O–H groups in total. The molecule has 1 aromatic rings. The molecule has 0 aliphatic rings. The number of rotatable bonds is 3. The van der Waals surface area contributed by atoms with E-state index in [1.54, 1.807) is 18.2 Å². The molecule has 0 radical (unpaired) electrons. The standard InChI is InChI=1S/C11H12O2S/c1-8-4-2-5-10(11(12)13)9(8)6-3-7-14/h2-6,14H,7H2,1H3,(H,12,13). The van der Waals surface area contributed by atoms with Crippen LogP contribution in [-0.4, -0.2) is 16.8 Å². The van der Waals surface area contributed by atoms with Gasteiger partial charge in [-0.1, -0.05) is 24.3 Å². The maximum absolute atomic E-state index is 10.9. The molecule has 0 saturated carbocycles. The van der Waals surface area contributed by atoms with Gasteiger partial charge in [0.15, 0.2) is 0 Å². The van der Waals surface area contributed by atoms with Crippen LogP contribution in [0.15, 0.2) is 24.3 Å². The predicted molar refractivity (Wildman–Crippen MR) is 61.0 cm³/mol. The fourth-order valence-electron chi connectivity index (χ4n) is 1.26. The minimum Gasteiger partial charge on any atom is -0.478 e. The highest BCUT2D eigenvalue weighted by Crippen LogP contribution is 2.16. The first kappa shape index (κ1) is 10.9. The quantitative estimate of drug-likeness (QED) is 0.749. The van der Waals surface area contributed by atoms with E-state index in [2.05, 4.69) is 12.6 Å². The fraction of sp³-hybridized carbons (Fsp3) is 0.182. The molecule has 0 amide bonds. The van der Waals surface area contributed by atoms with Crippen molar-refractivity contribution in [2.24, 2.45) is 0 Å². The van der Waals surface area contributed by atoms with Crippen molar-refractivity contribution in [2.45, 2.75) is 6.92 Å². The third-order valence-electron chi connectivity index (χ3n) is 1.94. The number of benzene rings is 1. The Morgan fingerprint density at radius 1 is 1.57 bits per heavy atom. The van der Waals surface area contributed by atoms with Crippen molar-refractivity contribution < 1.29 is 9.90 Å². The lowest BCUT2D eigenvalue weighted by molar-refractivity contribution is 0.0696. The van der Waals surface area contributed by atoms with Crippen LogP contribution in [0.25, 0.3) is 6.08 Å². The minimum atomic E-state index is -0.896. The van der Waals surface area contributed by atoms with Crippen LogP contribution in [0.2, 0.25) is 0 Å². The maximum Gasteiger partial charge on any atom is 0.336 e. The summed E-state index contributed by atoms with van der Waals surface area (Å²) in [5, 5.41) is 8.94. The molecule has 0 aromatic heterocycles. The largest absolute Gasteiger partial charge is 0.478 e. The number of aromatic carboxylic acids is 1. The van der Waals surface area contributed by atoms with Gasteiger partial charge < -0.3 is 5.11 Å². The molecule has 0 unspecified atom stereocenters. The van der Waals surface area contributed by atoms with Gasteiger partial charge in [-0.25, -0.2) is 4.79 Å². The van der Waals surface area contributed by atoms with Crippen LogP contribution in [0, 0.1) is 6.92 Å². The van der Waals surface area contributed by atoms with E-state index in [4.69, 9.17) is 5.11 Å². The summed E-state index contributed by atoms with van der Waals surface area (Å²) >= 11 is 4.04. The monoisotopic (exact) mass is 208 g/mol. The van der Waals surface area contributed by atoms with E-state index < -0.39 is 5.97 Å². The van der Waals surface area contributed by atoms with Crippen molar-refractivity contribution in [3.05, 3.63) is 41.0 Å². The molecule has 0 atom stereocenters. The first-order valence-electron chi connectivity index (χ1n) is 4.27. The number of hydrogen-bond acceptors (Lipinski definition) is 2. The van der Waals surface area contributed by atoms with Gasteiger partial charge in [-0.05, 0) is 24.1 Å². The minimum absolute atomic E-state index is 0.336. The Hall–Kier alpha value is -1.22. The first-order chi connectivity index (χ1) is 6.66. The summed E-state index contributed by atoms with van der Waals surface area (Å²) < 4.78 is 0. The highest BCUT2D eigenvalue weighted by atomic mass is 32.1. The molecule has 0 spiro atoms. The van der Waals surface area contributed by atoms with Crippen LogP contribution >= 0.6 is 12.6 Å². The Morgan fingerprint density at radius 2 is 2.29 bits per heavy atom. The summed E-state index contributed by atoms with van der Waals surface area (Å²) in [6.07, 6.45) is 3.63. The van der Waals surface area contributed by atoms with Crippen LogP contribution in [0.3, 0.4) is 0 Å². The normalized spacial score (nSPS) is 10.7. The van der Waals surface area contributed by atoms with Crippen LogP contribution in [-0.2, 0) is 0 Å². The van der Waals surface area contributed by atoms with Gasteiger partial charge in [-0.2, -0.15) is 12.6 Å². The molecule has 74 valence electrons. The summed E-state index contributed by atoms with van der Waals surface area (Å²) in [4.78, 5) is 10.9. The van der Waals surface area contributed by atoms with Crippen molar-refractivity contribution >= 4 is 24.7 Å². The Morgan fingerprint density at radius 3 is 2.86 bits per heavy atom. The second kappa shape index (κ2) is 4.86. The average Bonchev–Trinajstić information content (AvgIpc) is 2.15. The summed E-state index contributed by atoms with van der Waals surface area (Å²) in [7, 11) is 0. The van der Waals surface area contributed by atoms with Gasteiger partial charge >= 0.3 is 5.97 Å². The molecule has 0 aliphatic heterocycles. The van der Waals surface area contributed by atoms with Crippen molar-refractivity contribution in [1.82, 2.24) is 0 Å². The summed E-state index contributed by atoms with van der Waals surface area (Å²) in [6.45, 7) is 1.89. The summed E-state index contributed by atoms with van der Waals surface area (Å²) in [5.41, 5.74) is 2.06. The molecular formula is C11H12O2S. The fourth-order valence-corrected chi connectivity index (χ4v) is 1.36. The Labute approximate surface area is 88.7 Å². The van der Waals surface area contributed by atoms with E-state index in [-0.39, 0.29) is 0 Å². The van der Waals surface area contributed by atoms with E-state index in [9.17, 15) is 4.79 Å². The van der Waals surface area contributed by atoms with E-state index in [0.29, 0.717) is 11.3 Å². The van der Waals surface area contributed by atoms with Crippen LogP contribution in [0.1, 0.15) is 21.5 Å². The van der Waals surface area contributed by atoms with Crippen molar-refractivity contribution in [2.75, 3.05) is 5.75 Å². The SMILES string of the molecule is Cc1cccc(C(=O)O)c1C=CCS. The molecule has 0 bridgehead atoms. The van der Waals surface area contributed by atoms with Gasteiger partial charge in [-0.15, -0.1) is 0 Å². The number of carbonyl (C=O) groups is 1. The molecule has 0 heterocycles. The van der Waals surface area contributed by atoms with Gasteiger partial charge in [0, 0.05) is 5.75 Å². The first-order valence-corrected chi connectivity index (χ1v) is 4.90. The molecule has 0 fully saturated rings. The second-order valence-electron chi connectivity index (χ2n) is 2.93. The molecule has 1 aromatic carbocycles. The number of aryl methyl sites for hydroxylation is 1. The maximum atomic E-state index is 10.9. The third kappa shape index (κ3) is 2.39. The number of thiol groups is 1. The van der Waals surface area contributed by atoms with Gasteiger partial charge in [0.25, 0.3) is 0 Å². The average molecular weight is 208 g/mol. The Balaban J connectivity index is 3.22. The van der Waals surface area contributed by atoms with Gasteiger partial charge in [0.05, 0.1) is 5.56 Å². The van der Waals surface area contributed by atoms with Crippen molar-refractivity contribution in [1.29, 1.82) is 0 Å². The lowest BCUT2D eigenvalue weighted by Gasteiger charge is -2.04. The summed E-state index contributed by atoms with van der Waals surface area (Å²) in [5.74, 6) is -0.291. The van der Waals surface area contributed by atoms with Crippen molar-refractivity contribution in [3.8, 4) is 0 Å². The molecule has 1 rings (SSSR count). The molecular weight excluding hydrogens is 196 g/mol. The highest BCUT2D eigenvalue weighted by molar-refractivity contribution is 7.80. The smallest absolute Gasteiger partial charge is 0.336 e. The van der Waals surface area contributed by atoms with Gasteiger partial charge in [0.2, 0.25) is 0 Å². The summed E-state index contributed by atoms with van der Waals surface area (Å²) in [6, 6.07) is 5.25. The zero-order valence-electron chi connectivity index (χ0n) is 7.90. The molecule has 0 aliphatic carbocycles. The van der Waals surface area contributed by atoms with Crippen LogP contribution in [0.4, 0.5) is 0 Å². The van der Waals surface area contributed by atoms with Crippen molar-refractivity contribution in [3.63, 3.8) is 0 Å². The Kier molecular flexibility index (Phi) is 3.77. The molecule has 2 nitrogen and oxygen atoms in total. The lowest BCUT2D eigenvalue weighted by atomic mass is 10.0. The Bertz CT molecular complexity index is 370. The molecule has 14 heavy (non-hydrogen) atoms. The second-order valence-corrected chi connectivity index (χ2v) is 3.29. The topological polar surface area (TPSA) is 37.3 Å². The number of hydrogen-bond donors (Lipinski definition) is 2. The van der Waals surface area contributed by atoms with Crippen LogP contribution < -0.4 is 0 Å². The zero-order valence-corrected chi connectivity index (χ0v) is 8.79. The number of carboxylic acids is 1. The van der Waals surface area contributed by atoms with E-state index in [0.717, 1.165) is 11.1 Å². The van der Waals surface area contributed by atoms with E-state index >= 15 is 0 Å². The van der Waals surface area contributed by atoms with E-state index in [1.165, 1.54) is 0 Å². The molecule has 0 saturated heterocycles. The lowest BCUT2D eigenvalue weighted by Crippen LogP contribution is -2.00.